The van der Waals surface area contributed by atoms with E-state index in [4.69, 9.17) is 0 Å². The molecule has 1 aliphatic rings. The molecule has 0 saturated carbocycles. The summed E-state index contributed by atoms with van der Waals surface area (Å²) in [5.41, 5.74) is -0.0703. The molecule has 0 radical (unpaired) electrons. The zero-order chi connectivity index (χ0) is 12.4. The van der Waals surface area contributed by atoms with Gasteiger partial charge in [-0.05, 0) is 11.6 Å². The highest BCUT2D eigenvalue weighted by Gasteiger charge is 2.37. The average Bonchev–Trinajstić information content (AvgIpc) is 2.55. The highest BCUT2D eigenvalue weighted by atomic mass is 16.6. The maximum absolute atomic E-state index is 11.2. The molecule has 0 fully saturated rings. The SMILES string of the molecule is O=C1N/C(=C\c2ccccc2)C(O)=C1[N+](=O)[O-]. The van der Waals surface area contributed by atoms with Gasteiger partial charge in [-0.15, -0.1) is 0 Å². The zero-order valence-corrected chi connectivity index (χ0v) is 8.58. The summed E-state index contributed by atoms with van der Waals surface area (Å²) >= 11 is 0. The van der Waals surface area contributed by atoms with Gasteiger partial charge in [-0.25, -0.2) is 0 Å². The fraction of sp³-hybridized carbons (Fsp3) is 0. The van der Waals surface area contributed by atoms with Crippen LogP contribution in [-0.2, 0) is 4.79 Å². The lowest BCUT2D eigenvalue weighted by molar-refractivity contribution is -0.420. The largest absolute Gasteiger partial charge is 0.500 e. The van der Waals surface area contributed by atoms with Crippen molar-refractivity contribution < 1.29 is 14.8 Å². The molecular formula is C11H8N2O4. The molecule has 2 rings (SSSR count). The van der Waals surface area contributed by atoms with Gasteiger partial charge in [0.1, 0.15) is 0 Å². The van der Waals surface area contributed by atoms with Crippen molar-refractivity contribution >= 4 is 12.0 Å². The van der Waals surface area contributed by atoms with E-state index >= 15 is 0 Å². The van der Waals surface area contributed by atoms with Crippen molar-refractivity contribution in [2.45, 2.75) is 0 Å². The molecule has 1 heterocycles. The number of carbonyl (C=O) groups excluding carboxylic acids is 1. The lowest BCUT2D eigenvalue weighted by atomic mass is 10.2. The van der Waals surface area contributed by atoms with Crippen molar-refractivity contribution in [2.24, 2.45) is 0 Å². The quantitative estimate of drug-likeness (QED) is 0.592. The van der Waals surface area contributed by atoms with Crippen molar-refractivity contribution in [3.05, 3.63) is 63.2 Å². The smallest absolute Gasteiger partial charge is 0.377 e. The highest BCUT2D eigenvalue weighted by molar-refractivity contribution is 5.98. The van der Waals surface area contributed by atoms with E-state index in [1.54, 1.807) is 24.3 Å². The number of aliphatic hydroxyl groups excluding tert-OH is 1. The van der Waals surface area contributed by atoms with Gasteiger partial charge in [-0.2, -0.15) is 0 Å². The molecule has 0 spiro atoms. The molecule has 0 saturated heterocycles. The molecule has 6 nitrogen and oxygen atoms in total. The van der Waals surface area contributed by atoms with Gasteiger partial charge in [0.05, 0.1) is 10.6 Å². The first-order valence-electron chi connectivity index (χ1n) is 4.75. The topological polar surface area (TPSA) is 92.5 Å². The van der Waals surface area contributed by atoms with Crippen molar-refractivity contribution in [1.82, 2.24) is 5.32 Å². The summed E-state index contributed by atoms with van der Waals surface area (Å²) in [6, 6.07) is 8.86. The van der Waals surface area contributed by atoms with E-state index in [-0.39, 0.29) is 5.70 Å². The van der Waals surface area contributed by atoms with Crippen LogP contribution in [-0.4, -0.2) is 15.9 Å². The fourth-order valence-corrected chi connectivity index (χ4v) is 1.47. The van der Waals surface area contributed by atoms with E-state index in [2.05, 4.69) is 5.32 Å². The van der Waals surface area contributed by atoms with Gasteiger partial charge in [0.15, 0.2) is 0 Å². The lowest BCUT2D eigenvalue weighted by Crippen LogP contribution is -2.19. The Bertz CT molecular complexity index is 546. The van der Waals surface area contributed by atoms with Gasteiger partial charge >= 0.3 is 11.6 Å². The van der Waals surface area contributed by atoms with Gasteiger partial charge in [0.25, 0.3) is 0 Å². The number of nitrogens with one attached hydrogen (secondary N) is 1. The van der Waals surface area contributed by atoms with Crippen molar-refractivity contribution in [1.29, 1.82) is 0 Å². The van der Waals surface area contributed by atoms with Crippen LogP contribution in [0.3, 0.4) is 0 Å². The Balaban J connectivity index is 2.41. The number of carbonyl (C=O) groups is 1. The second kappa shape index (κ2) is 4.09. The Labute approximate surface area is 96.0 Å². The normalized spacial score (nSPS) is 17.4. The Hall–Kier alpha value is -2.63. The van der Waals surface area contributed by atoms with Crippen LogP contribution in [0.15, 0.2) is 47.5 Å². The minimum atomic E-state index is -0.908. The Morgan fingerprint density at radius 2 is 1.94 bits per heavy atom. The van der Waals surface area contributed by atoms with Gasteiger partial charge in [0, 0.05) is 0 Å². The van der Waals surface area contributed by atoms with Crippen LogP contribution in [0.5, 0.6) is 0 Å². The molecule has 0 aromatic heterocycles. The van der Waals surface area contributed by atoms with Crippen molar-refractivity contribution in [3.8, 4) is 0 Å². The van der Waals surface area contributed by atoms with Gasteiger partial charge < -0.3 is 10.4 Å². The van der Waals surface area contributed by atoms with E-state index in [0.29, 0.717) is 0 Å². The number of rotatable bonds is 2. The van der Waals surface area contributed by atoms with Gasteiger partial charge in [-0.1, -0.05) is 30.3 Å². The molecule has 1 amide bonds. The lowest BCUT2D eigenvalue weighted by Gasteiger charge is -1.97. The maximum Gasteiger partial charge on any atom is 0.377 e. The molecule has 0 bridgehead atoms. The van der Waals surface area contributed by atoms with Crippen molar-refractivity contribution in [3.63, 3.8) is 0 Å². The molecule has 0 atom stereocenters. The van der Waals surface area contributed by atoms with E-state index < -0.39 is 22.3 Å². The predicted octanol–water partition coefficient (Wildman–Crippen LogP) is 1.20. The zero-order valence-electron chi connectivity index (χ0n) is 8.58. The Morgan fingerprint density at radius 1 is 1.29 bits per heavy atom. The Morgan fingerprint density at radius 3 is 2.47 bits per heavy atom. The minimum Gasteiger partial charge on any atom is -0.500 e. The summed E-state index contributed by atoms with van der Waals surface area (Å²) in [5.74, 6) is -1.54. The predicted molar refractivity (Wildman–Crippen MR) is 59.2 cm³/mol. The van der Waals surface area contributed by atoms with Gasteiger partial charge in [0.2, 0.25) is 5.76 Å². The van der Waals surface area contributed by atoms with E-state index in [0.717, 1.165) is 5.56 Å². The van der Waals surface area contributed by atoms with Crippen LogP contribution in [0.2, 0.25) is 0 Å². The average molecular weight is 232 g/mol. The molecule has 17 heavy (non-hydrogen) atoms. The molecule has 1 aromatic rings. The van der Waals surface area contributed by atoms with E-state index in [9.17, 15) is 20.0 Å². The number of benzene rings is 1. The van der Waals surface area contributed by atoms with Crippen LogP contribution >= 0.6 is 0 Å². The summed E-state index contributed by atoms with van der Waals surface area (Å²) in [6.45, 7) is 0. The second-order valence-electron chi connectivity index (χ2n) is 3.38. The number of aliphatic hydroxyl groups is 1. The van der Waals surface area contributed by atoms with Crippen LogP contribution in [0.4, 0.5) is 0 Å². The van der Waals surface area contributed by atoms with Gasteiger partial charge in [-0.3, -0.25) is 14.9 Å². The molecule has 6 heteroatoms. The standard InChI is InChI=1S/C11H8N2O4/c14-10-8(6-7-4-2-1-3-5-7)12-11(15)9(10)13(16)17/h1-6,14H,(H,12,15)/b8-6-. The maximum atomic E-state index is 11.2. The van der Waals surface area contributed by atoms with Crippen LogP contribution < -0.4 is 5.32 Å². The summed E-state index contributed by atoms with van der Waals surface area (Å²) in [6.07, 6.45) is 1.46. The van der Waals surface area contributed by atoms with E-state index in [1.807, 2.05) is 6.07 Å². The van der Waals surface area contributed by atoms with Crippen LogP contribution in [0.1, 0.15) is 5.56 Å². The summed E-state index contributed by atoms with van der Waals surface area (Å²) < 4.78 is 0. The summed E-state index contributed by atoms with van der Waals surface area (Å²) in [4.78, 5) is 20.8. The number of nitrogens with zero attached hydrogens (tertiary/aromatic N) is 1. The van der Waals surface area contributed by atoms with Crippen LogP contribution in [0, 0.1) is 10.1 Å². The highest BCUT2D eigenvalue weighted by Crippen LogP contribution is 2.20. The third kappa shape index (κ3) is 2.00. The number of hydrogen-bond donors (Lipinski definition) is 2. The summed E-state index contributed by atoms with van der Waals surface area (Å²) in [7, 11) is 0. The monoisotopic (exact) mass is 232 g/mol. The van der Waals surface area contributed by atoms with Crippen molar-refractivity contribution in [2.75, 3.05) is 0 Å². The molecule has 2 N–H and O–H groups in total. The second-order valence-corrected chi connectivity index (χ2v) is 3.38. The Kier molecular flexibility index (Phi) is 2.61. The summed E-state index contributed by atoms with van der Waals surface area (Å²) in [5, 5.41) is 22.3. The first-order chi connectivity index (χ1) is 8.09. The molecule has 1 aromatic carbocycles. The van der Waals surface area contributed by atoms with E-state index in [1.165, 1.54) is 6.08 Å². The number of amides is 1. The minimum absolute atomic E-state index is 0.0351. The van der Waals surface area contributed by atoms with Crippen LogP contribution in [0.25, 0.3) is 6.08 Å². The molecular weight excluding hydrogens is 224 g/mol. The third-order valence-corrected chi connectivity index (χ3v) is 2.24. The molecule has 86 valence electrons. The first kappa shape index (κ1) is 10.9. The third-order valence-electron chi connectivity index (χ3n) is 2.24. The fourth-order valence-electron chi connectivity index (χ4n) is 1.47. The first-order valence-corrected chi connectivity index (χ1v) is 4.75. The molecule has 1 aliphatic heterocycles. The number of nitro groups is 1. The molecule has 0 unspecified atom stereocenters. The number of hydrogen-bond acceptors (Lipinski definition) is 4. The molecule has 0 aliphatic carbocycles.